The van der Waals surface area contributed by atoms with E-state index < -0.39 is 5.97 Å². The van der Waals surface area contributed by atoms with Gasteiger partial charge in [0.25, 0.3) is 0 Å². The van der Waals surface area contributed by atoms with Gasteiger partial charge in [0, 0.05) is 5.56 Å². The molecule has 2 rings (SSSR count). The maximum Gasteiger partial charge on any atom is 0.336 e. The minimum absolute atomic E-state index is 0.258. The average Bonchev–Trinajstić information content (AvgIpc) is 2.65. The van der Waals surface area contributed by atoms with Gasteiger partial charge in [-0.15, -0.1) is 10.2 Å². The molecule has 0 amide bonds. The van der Waals surface area contributed by atoms with Crippen LogP contribution in [0.3, 0.4) is 0 Å². The molecule has 0 aliphatic carbocycles. The summed E-state index contributed by atoms with van der Waals surface area (Å²) in [6.07, 6.45) is 0. The summed E-state index contributed by atoms with van der Waals surface area (Å²) < 4.78 is 0. The monoisotopic (exact) mass is 220 g/mol. The third-order valence-electron chi connectivity index (χ3n) is 1.91. The Morgan fingerprint density at radius 3 is 2.67 bits per heavy atom. The van der Waals surface area contributed by atoms with Crippen LogP contribution in [0.1, 0.15) is 15.4 Å². The fourth-order valence-electron chi connectivity index (χ4n) is 1.26. The van der Waals surface area contributed by atoms with Crippen LogP contribution in [-0.2, 0) is 0 Å². The molecule has 2 aromatic rings. The Labute approximate surface area is 90.2 Å². The Morgan fingerprint density at radius 2 is 2.07 bits per heavy atom. The predicted octanol–water partition coefficient (Wildman–Crippen LogP) is 2.21. The van der Waals surface area contributed by atoms with Crippen LogP contribution in [0.5, 0.6) is 0 Å². The van der Waals surface area contributed by atoms with E-state index in [9.17, 15) is 4.79 Å². The van der Waals surface area contributed by atoms with E-state index in [0.717, 1.165) is 5.01 Å². The maximum absolute atomic E-state index is 11.0. The molecule has 0 spiro atoms. The molecule has 1 aromatic heterocycles. The quantitative estimate of drug-likeness (QED) is 0.842. The lowest BCUT2D eigenvalue weighted by Crippen LogP contribution is -1.98. The summed E-state index contributed by atoms with van der Waals surface area (Å²) in [5.74, 6) is -0.946. The Balaban J connectivity index is 2.57. The van der Waals surface area contributed by atoms with Gasteiger partial charge in [0.1, 0.15) is 10.0 Å². The molecule has 76 valence electrons. The molecule has 0 aliphatic rings. The number of nitrogens with zero attached hydrogens (tertiary/aromatic N) is 2. The van der Waals surface area contributed by atoms with Crippen LogP contribution in [0.4, 0.5) is 0 Å². The maximum atomic E-state index is 11.0. The molecule has 0 saturated heterocycles. The van der Waals surface area contributed by atoms with E-state index >= 15 is 0 Å². The van der Waals surface area contributed by atoms with Crippen LogP contribution in [0.25, 0.3) is 10.6 Å². The van der Waals surface area contributed by atoms with Crippen molar-refractivity contribution in [2.75, 3.05) is 0 Å². The van der Waals surface area contributed by atoms with Crippen molar-refractivity contribution in [3.8, 4) is 10.6 Å². The zero-order chi connectivity index (χ0) is 10.8. The van der Waals surface area contributed by atoms with Gasteiger partial charge in [-0.3, -0.25) is 0 Å². The lowest BCUT2D eigenvalue weighted by atomic mass is 10.1. The average molecular weight is 220 g/mol. The predicted molar refractivity (Wildman–Crippen MR) is 57.0 cm³/mol. The first-order valence-electron chi connectivity index (χ1n) is 4.31. The second-order valence-electron chi connectivity index (χ2n) is 2.98. The minimum Gasteiger partial charge on any atom is -0.478 e. The van der Waals surface area contributed by atoms with Crippen LogP contribution in [0.15, 0.2) is 24.3 Å². The van der Waals surface area contributed by atoms with Crippen molar-refractivity contribution < 1.29 is 9.90 Å². The van der Waals surface area contributed by atoms with Crippen molar-refractivity contribution in [3.05, 3.63) is 34.8 Å². The standard InChI is InChI=1S/C10H8N2O2S/c1-6-11-12-9(15-6)7-4-2-3-5-8(7)10(13)14/h2-5H,1H3,(H,13,14). The second kappa shape index (κ2) is 3.78. The fourth-order valence-corrected chi connectivity index (χ4v) is 1.99. The van der Waals surface area contributed by atoms with Crippen LogP contribution in [0.2, 0.25) is 0 Å². The molecular formula is C10H8N2O2S. The molecule has 0 aliphatic heterocycles. The number of hydrogen-bond donors (Lipinski definition) is 1. The molecule has 0 fully saturated rings. The summed E-state index contributed by atoms with van der Waals surface area (Å²) in [6.45, 7) is 1.84. The number of carbonyl (C=O) groups is 1. The van der Waals surface area contributed by atoms with Crippen LogP contribution >= 0.6 is 11.3 Å². The van der Waals surface area contributed by atoms with Crippen molar-refractivity contribution >= 4 is 17.3 Å². The number of carboxylic acid groups (broad SMARTS) is 1. The molecule has 15 heavy (non-hydrogen) atoms. The summed E-state index contributed by atoms with van der Waals surface area (Å²) in [4.78, 5) is 11.0. The Kier molecular flexibility index (Phi) is 2.47. The molecule has 0 bridgehead atoms. The molecule has 0 unspecified atom stereocenters. The zero-order valence-electron chi connectivity index (χ0n) is 7.97. The van der Waals surface area contributed by atoms with Gasteiger partial charge in [-0.05, 0) is 13.0 Å². The molecule has 0 saturated carbocycles. The largest absolute Gasteiger partial charge is 0.478 e. The highest BCUT2D eigenvalue weighted by atomic mass is 32.1. The summed E-state index contributed by atoms with van der Waals surface area (Å²) in [7, 11) is 0. The molecule has 0 atom stereocenters. The molecule has 0 radical (unpaired) electrons. The Morgan fingerprint density at radius 1 is 1.33 bits per heavy atom. The van der Waals surface area contributed by atoms with Gasteiger partial charge < -0.3 is 5.11 Å². The number of aromatic nitrogens is 2. The number of hydrogen-bond acceptors (Lipinski definition) is 4. The lowest BCUT2D eigenvalue weighted by molar-refractivity contribution is 0.0697. The fraction of sp³-hybridized carbons (Fsp3) is 0.100. The topological polar surface area (TPSA) is 63.1 Å². The second-order valence-corrected chi connectivity index (χ2v) is 4.16. The Hall–Kier alpha value is -1.75. The van der Waals surface area contributed by atoms with Crippen molar-refractivity contribution in [2.45, 2.75) is 6.92 Å². The zero-order valence-corrected chi connectivity index (χ0v) is 8.78. The van der Waals surface area contributed by atoms with Gasteiger partial charge >= 0.3 is 5.97 Å². The van der Waals surface area contributed by atoms with Crippen LogP contribution in [0, 0.1) is 6.92 Å². The summed E-state index contributed by atoms with van der Waals surface area (Å²) in [5, 5.41) is 18.3. The van der Waals surface area contributed by atoms with Gasteiger partial charge in [0.2, 0.25) is 0 Å². The highest BCUT2D eigenvalue weighted by Gasteiger charge is 2.13. The van der Waals surface area contributed by atoms with E-state index in [2.05, 4.69) is 10.2 Å². The third-order valence-corrected chi connectivity index (χ3v) is 2.79. The SMILES string of the molecule is Cc1nnc(-c2ccccc2C(=O)O)s1. The molecular weight excluding hydrogens is 212 g/mol. The Bertz CT molecular complexity index is 508. The number of carboxylic acids is 1. The van der Waals surface area contributed by atoms with Crippen molar-refractivity contribution in [1.82, 2.24) is 10.2 Å². The van der Waals surface area contributed by atoms with Gasteiger partial charge in [-0.1, -0.05) is 29.5 Å². The van der Waals surface area contributed by atoms with E-state index in [-0.39, 0.29) is 5.56 Å². The summed E-state index contributed by atoms with van der Waals surface area (Å²) in [6, 6.07) is 6.79. The van der Waals surface area contributed by atoms with Crippen molar-refractivity contribution in [1.29, 1.82) is 0 Å². The molecule has 1 heterocycles. The van der Waals surface area contributed by atoms with Crippen molar-refractivity contribution in [2.24, 2.45) is 0 Å². The van der Waals surface area contributed by atoms with Gasteiger partial charge in [-0.25, -0.2) is 4.79 Å². The van der Waals surface area contributed by atoms with E-state index in [1.807, 2.05) is 6.92 Å². The van der Waals surface area contributed by atoms with E-state index in [1.54, 1.807) is 24.3 Å². The third kappa shape index (κ3) is 1.87. The molecule has 1 aromatic carbocycles. The van der Waals surface area contributed by atoms with Crippen LogP contribution < -0.4 is 0 Å². The van der Waals surface area contributed by atoms with E-state index in [0.29, 0.717) is 10.6 Å². The van der Waals surface area contributed by atoms with Gasteiger partial charge in [0.15, 0.2) is 0 Å². The summed E-state index contributed by atoms with van der Waals surface area (Å²) >= 11 is 1.39. The molecule has 1 N–H and O–H groups in total. The highest BCUT2D eigenvalue weighted by molar-refractivity contribution is 7.14. The number of aryl methyl sites for hydroxylation is 1. The van der Waals surface area contributed by atoms with Gasteiger partial charge in [0.05, 0.1) is 5.56 Å². The first-order valence-corrected chi connectivity index (χ1v) is 5.13. The minimum atomic E-state index is -0.946. The lowest BCUT2D eigenvalue weighted by Gasteiger charge is -2.00. The normalized spacial score (nSPS) is 10.2. The summed E-state index contributed by atoms with van der Waals surface area (Å²) in [5.41, 5.74) is 0.879. The number of benzene rings is 1. The highest BCUT2D eigenvalue weighted by Crippen LogP contribution is 2.26. The number of aromatic carboxylic acids is 1. The first-order chi connectivity index (χ1) is 7.18. The number of rotatable bonds is 2. The smallest absolute Gasteiger partial charge is 0.336 e. The first kappa shape index (κ1) is 9.79. The van der Waals surface area contributed by atoms with Crippen molar-refractivity contribution in [3.63, 3.8) is 0 Å². The molecule has 4 nitrogen and oxygen atoms in total. The van der Waals surface area contributed by atoms with E-state index in [4.69, 9.17) is 5.11 Å². The molecule has 5 heteroatoms. The van der Waals surface area contributed by atoms with Crippen LogP contribution in [-0.4, -0.2) is 21.3 Å². The van der Waals surface area contributed by atoms with Gasteiger partial charge in [-0.2, -0.15) is 0 Å². The van der Waals surface area contributed by atoms with E-state index in [1.165, 1.54) is 11.3 Å².